The number of carbonyl (C=O) groups excluding carboxylic acids is 1. The summed E-state index contributed by atoms with van der Waals surface area (Å²) in [5, 5.41) is 0. The van der Waals surface area contributed by atoms with Gasteiger partial charge in [0.15, 0.2) is 0 Å². The van der Waals surface area contributed by atoms with Gasteiger partial charge in [-0.3, -0.25) is 4.79 Å². The fraction of sp³-hybridized carbons (Fsp3) is 0.647. The third-order valence-corrected chi connectivity index (χ3v) is 4.61. The highest BCUT2D eigenvalue weighted by atomic mass is 16.5. The summed E-state index contributed by atoms with van der Waals surface area (Å²) in [7, 11) is 0. The Morgan fingerprint density at radius 1 is 1.32 bits per heavy atom. The van der Waals surface area contributed by atoms with Gasteiger partial charge >= 0.3 is 5.63 Å². The van der Waals surface area contributed by atoms with Crippen molar-refractivity contribution in [1.82, 2.24) is 4.90 Å². The molecule has 2 heterocycles. The molecule has 0 unspecified atom stereocenters. The molecule has 1 aromatic heterocycles. The summed E-state index contributed by atoms with van der Waals surface area (Å²) in [5.41, 5.74) is -0.404. The van der Waals surface area contributed by atoms with Gasteiger partial charge in [0.25, 0.3) is 0 Å². The van der Waals surface area contributed by atoms with Crippen LogP contribution in [0.15, 0.2) is 21.3 Å². The average molecular weight is 305 g/mol. The molecule has 3 rings (SSSR count). The van der Waals surface area contributed by atoms with Crippen LogP contribution in [0.5, 0.6) is 5.75 Å². The minimum atomic E-state index is -0.404. The van der Waals surface area contributed by atoms with Crippen LogP contribution >= 0.6 is 0 Å². The fourth-order valence-corrected chi connectivity index (χ4v) is 3.34. The van der Waals surface area contributed by atoms with Gasteiger partial charge in [0.05, 0.1) is 19.2 Å². The van der Waals surface area contributed by atoms with Gasteiger partial charge in [-0.15, -0.1) is 0 Å². The van der Waals surface area contributed by atoms with Crippen LogP contribution in [0.2, 0.25) is 0 Å². The van der Waals surface area contributed by atoms with E-state index in [1.54, 1.807) is 13.0 Å². The Morgan fingerprint density at radius 3 is 2.73 bits per heavy atom. The third-order valence-electron chi connectivity index (χ3n) is 4.61. The lowest BCUT2D eigenvalue weighted by Gasteiger charge is -2.39. The molecule has 0 atom stereocenters. The summed E-state index contributed by atoms with van der Waals surface area (Å²) in [6, 6.07) is 3.05. The average Bonchev–Trinajstić information content (AvgIpc) is 2.92. The van der Waals surface area contributed by atoms with Crippen LogP contribution in [0.25, 0.3) is 0 Å². The molecule has 1 amide bonds. The number of likely N-dealkylation sites (tertiary alicyclic amines) is 1. The van der Waals surface area contributed by atoms with Crippen molar-refractivity contribution in [2.45, 2.75) is 51.6 Å². The maximum atomic E-state index is 12.1. The Labute approximate surface area is 130 Å². The highest BCUT2D eigenvalue weighted by Gasteiger charge is 2.32. The first kappa shape index (κ1) is 15.1. The molecular formula is C17H23NO4. The first-order valence-electron chi connectivity index (χ1n) is 8.16. The summed E-state index contributed by atoms with van der Waals surface area (Å²) in [6.07, 6.45) is 6.89. The zero-order valence-electron chi connectivity index (χ0n) is 13.0. The molecule has 0 radical (unpaired) electrons. The summed E-state index contributed by atoms with van der Waals surface area (Å²) < 4.78 is 10.6. The van der Waals surface area contributed by atoms with Crippen LogP contribution in [0, 0.1) is 12.8 Å². The maximum absolute atomic E-state index is 12.1. The maximum Gasteiger partial charge on any atom is 0.339 e. The second kappa shape index (κ2) is 6.55. The molecular weight excluding hydrogens is 282 g/mol. The molecule has 1 aliphatic carbocycles. The minimum absolute atomic E-state index is 0.0170. The molecule has 1 aliphatic heterocycles. The van der Waals surface area contributed by atoms with E-state index >= 15 is 0 Å². The molecule has 2 fully saturated rings. The zero-order chi connectivity index (χ0) is 15.5. The number of hydrogen-bond donors (Lipinski definition) is 0. The summed E-state index contributed by atoms with van der Waals surface area (Å²) in [5.74, 6) is 2.04. The van der Waals surface area contributed by atoms with Crippen LogP contribution in [-0.4, -0.2) is 30.0 Å². The quantitative estimate of drug-likeness (QED) is 0.838. The summed E-state index contributed by atoms with van der Waals surface area (Å²) in [6.45, 7) is 2.94. The lowest BCUT2D eigenvalue weighted by molar-refractivity contribution is -0.140. The Morgan fingerprint density at radius 2 is 2.05 bits per heavy atom. The van der Waals surface area contributed by atoms with E-state index in [0.717, 1.165) is 12.3 Å². The highest BCUT2D eigenvalue weighted by molar-refractivity contribution is 5.77. The first-order chi connectivity index (χ1) is 10.6. The number of rotatable bonds is 5. The third kappa shape index (κ3) is 3.70. The number of ether oxygens (including phenoxy) is 1. The molecule has 22 heavy (non-hydrogen) atoms. The Hall–Kier alpha value is -1.78. The first-order valence-corrected chi connectivity index (χ1v) is 8.16. The van der Waals surface area contributed by atoms with Crippen molar-refractivity contribution in [1.29, 1.82) is 0 Å². The van der Waals surface area contributed by atoms with Crippen LogP contribution < -0.4 is 10.4 Å². The predicted octanol–water partition coefficient (Wildman–Crippen LogP) is 2.51. The van der Waals surface area contributed by atoms with E-state index in [2.05, 4.69) is 0 Å². The Bertz CT molecular complexity index is 583. The monoisotopic (exact) mass is 305 g/mol. The largest absolute Gasteiger partial charge is 0.486 e. The van der Waals surface area contributed by atoms with E-state index < -0.39 is 5.63 Å². The van der Waals surface area contributed by atoms with Crippen molar-refractivity contribution < 1.29 is 13.9 Å². The fourth-order valence-electron chi connectivity index (χ4n) is 3.34. The molecule has 0 N–H and O–H groups in total. The van der Waals surface area contributed by atoms with Gasteiger partial charge in [-0.25, -0.2) is 4.79 Å². The molecule has 0 bridgehead atoms. The van der Waals surface area contributed by atoms with Crippen LogP contribution in [0.3, 0.4) is 0 Å². The van der Waals surface area contributed by atoms with Gasteiger partial charge in [0.1, 0.15) is 17.6 Å². The Kier molecular flexibility index (Phi) is 4.50. The van der Waals surface area contributed by atoms with Gasteiger partial charge < -0.3 is 14.1 Å². The van der Waals surface area contributed by atoms with Crippen molar-refractivity contribution >= 4 is 5.91 Å². The lowest BCUT2D eigenvalue weighted by Crippen LogP contribution is -2.56. The van der Waals surface area contributed by atoms with Crippen molar-refractivity contribution in [2.24, 2.45) is 5.92 Å². The van der Waals surface area contributed by atoms with Crippen LogP contribution in [-0.2, 0) is 4.79 Å². The van der Waals surface area contributed by atoms with Crippen molar-refractivity contribution in [3.63, 3.8) is 0 Å². The van der Waals surface area contributed by atoms with E-state index in [1.165, 1.54) is 31.7 Å². The predicted molar refractivity (Wildman–Crippen MR) is 81.9 cm³/mol. The molecule has 2 aliphatic rings. The normalized spacial score (nSPS) is 19.2. The van der Waals surface area contributed by atoms with Gasteiger partial charge in [-0.2, -0.15) is 0 Å². The van der Waals surface area contributed by atoms with Gasteiger partial charge in [-0.05, 0) is 19.3 Å². The number of amides is 1. The Balaban J connectivity index is 1.41. The SMILES string of the molecule is Cc1cc(OC2CN(C(=O)CCC3CCCC3)C2)cc(=O)o1. The van der Waals surface area contributed by atoms with E-state index in [1.807, 2.05) is 4.90 Å². The summed E-state index contributed by atoms with van der Waals surface area (Å²) >= 11 is 0. The topological polar surface area (TPSA) is 59.8 Å². The van der Waals surface area contributed by atoms with Crippen molar-refractivity contribution in [3.05, 3.63) is 28.3 Å². The smallest absolute Gasteiger partial charge is 0.339 e. The highest BCUT2D eigenvalue weighted by Crippen LogP contribution is 2.29. The number of hydrogen-bond acceptors (Lipinski definition) is 4. The molecule has 5 nitrogen and oxygen atoms in total. The molecule has 0 aromatic carbocycles. The number of nitrogens with zero attached hydrogens (tertiary/aromatic N) is 1. The second-order valence-corrected chi connectivity index (χ2v) is 6.45. The molecule has 5 heteroatoms. The molecule has 120 valence electrons. The molecule has 1 saturated carbocycles. The zero-order valence-corrected chi connectivity index (χ0v) is 13.0. The number of aryl methyl sites for hydroxylation is 1. The van der Waals surface area contributed by atoms with Gasteiger partial charge in [0.2, 0.25) is 5.91 Å². The van der Waals surface area contributed by atoms with E-state index in [0.29, 0.717) is 31.0 Å². The number of carbonyl (C=O) groups is 1. The molecule has 0 spiro atoms. The van der Waals surface area contributed by atoms with Crippen molar-refractivity contribution in [2.75, 3.05) is 13.1 Å². The standard InChI is InChI=1S/C17H23NO4/c1-12-8-14(9-17(20)21-12)22-15-10-18(11-15)16(19)7-6-13-4-2-3-5-13/h8-9,13,15H,2-7,10-11H2,1H3. The van der Waals surface area contributed by atoms with E-state index in [9.17, 15) is 9.59 Å². The second-order valence-electron chi connectivity index (χ2n) is 6.45. The van der Waals surface area contributed by atoms with Crippen LogP contribution in [0.1, 0.15) is 44.3 Å². The van der Waals surface area contributed by atoms with Gasteiger partial charge in [-0.1, -0.05) is 25.7 Å². The lowest BCUT2D eigenvalue weighted by atomic mass is 10.0. The van der Waals surface area contributed by atoms with Gasteiger partial charge in [0, 0.05) is 12.5 Å². The van der Waals surface area contributed by atoms with E-state index in [-0.39, 0.29) is 12.0 Å². The van der Waals surface area contributed by atoms with Crippen LogP contribution in [0.4, 0.5) is 0 Å². The summed E-state index contributed by atoms with van der Waals surface area (Å²) in [4.78, 5) is 25.2. The van der Waals surface area contributed by atoms with E-state index in [4.69, 9.17) is 9.15 Å². The molecule has 1 saturated heterocycles. The minimum Gasteiger partial charge on any atom is -0.486 e. The molecule has 1 aromatic rings. The van der Waals surface area contributed by atoms with Crippen molar-refractivity contribution in [3.8, 4) is 5.75 Å².